The van der Waals surface area contributed by atoms with Crippen LogP contribution < -0.4 is 10.5 Å². The van der Waals surface area contributed by atoms with Gasteiger partial charge in [-0.05, 0) is 31.4 Å². The van der Waals surface area contributed by atoms with Crippen molar-refractivity contribution in [2.45, 2.75) is 37.1 Å². The maximum absolute atomic E-state index is 12.1. The molecule has 0 heterocycles. The lowest BCUT2D eigenvalue weighted by Crippen LogP contribution is -2.39. The molecule has 0 radical (unpaired) electrons. The Balaban J connectivity index is 2.34. The van der Waals surface area contributed by atoms with Gasteiger partial charge in [0.2, 0.25) is 10.0 Å². The van der Waals surface area contributed by atoms with Gasteiger partial charge in [0.15, 0.2) is 0 Å². The Kier molecular flexibility index (Phi) is 2.90. The number of nitrogens with two attached hydrogens (primary N) is 1. The van der Waals surface area contributed by atoms with Crippen LogP contribution in [0, 0.1) is 6.92 Å². The molecule has 3 N–H and O–H groups in total. The first-order chi connectivity index (χ1) is 7.50. The Labute approximate surface area is 95.9 Å². The number of hydrogen-bond donors (Lipinski definition) is 2. The molecule has 5 heteroatoms. The van der Waals surface area contributed by atoms with Crippen molar-refractivity contribution >= 4 is 15.7 Å². The molecule has 1 saturated carbocycles. The van der Waals surface area contributed by atoms with E-state index < -0.39 is 10.0 Å². The molecule has 16 heavy (non-hydrogen) atoms. The van der Waals surface area contributed by atoms with E-state index in [1.54, 1.807) is 25.1 Å². The highest BCUT2D eigenvalue weighted by Crippen LogP contribution is 2.25. The fraction of sp³-hybridized carbons (Fsp3) is 0.455. The second-order valence-corrected chi connectivity index (χ2v) is 5.89. The zero-order valence-electron chi connectivity index (χ0n) is 9.23. The monoisotopic (exact) mass is 240 g/mol. The Morgan fingerprint density at radius 1 is 1.38 bits per heavy atom. The summed E-state index contributed by atoms with van der Waals surface area (Å²) in [5.41, 5.74) is 6.72. The molecule has 1 fully saturated rings. The Hall–Kier alpha value is -1.07. The minimum atomic E-state index is -3.46. The van der Waals surface area contributed by atoms with Crippen LogP contribution in [0.2, 0.25) is 0 Å². The normalized spacial score (nSPS) is 17.1. The van der Waals surface area contributed by atoms with Gasteiger partial charge >= 0.3 is 0 Å². The first kappa shape index (κ1) is 11.4. The summed E-state index contributed by atoms with van der Waals surface area (Å²) in [6.45, 7) is 1.76. The number of anilines is 1. The van der Waals surface area contributed by atoms with Crippen LogP contribution >= 0.6 is 0 Å². The maximum atomic E-state index is 12.1. The van der Waals surface area contributed by atoms with Gasteiger partial charge in [-0.15, -0.1) is 0 Å². The molecule has 0 aliphatic heterocycles. The smallest absolute Gasteiger partial charge is 0.243 e. The van der Waals surface area contributed by atoms with Crippen molar-refractivity contribution in [3.8, 4) is 0 Å². The number of aryl methyl sites for hydroxylation is 1. The van der Waals surface area contributed by atoms with Crippen LogP contribution in [-0.2, 0) is 10.0 Å². The van der Waals surface area contributed by atoms with E-state index in [4.69, 9.17) is 5.73 Å². The van der Waals surface area contributed by atoms with Crippen LogP contribution in [0.1, 0.15) is 24.8 Å². The van der Waals surface area contributed by atoms with Gasteiger partial charge in [0.05, 0.1) is 5.69 Å². The third-order valence-corrected chi connectivity index (χ3v) is 4.68. The number of nitrogen functional groups attached to an aromatic ring is 1. The number of rotatable bonds is 3. The number of hydrogen-bond acceptors (Lipinski definition) is 3. The lowest BCUT2D eigenvalue weighted by Gasteiger charge is -2.26. The highest BCUT2D eigenvalue weighted by atomic mass is 32.2. The quantitative estimate of drug-likeness (QED) is 0.785. The van der Waals surface area contributed by atoms with Crippen molar-refractivity contribution in [1.29, 1.82) is 0 Å². The van der Waals surface area contributed by atoms with Crippen molar-refractivity contribution < 1.29 is 8.42 Å². The molecule has 0 spiro atoms. The van der Waals surface area contributed by atoms with Gasteiger partial charge in [-0.25, -0.2) is 13.1 Å². The summed E-state index contributed by atoms with van der Waals surface area (Å²) in [5, 5.41) is 0. The molecule has 2 rings (SSSR count). The fourth-order valence-corrected chi connectivity index (χ4v) is 3.51. The topological polar surface area (TPSA) is 72.2 Å². The van der Waals surface area contributed by atoms with E-state index in [0.717, 1.165) is 19.3 Å². The molecule has 0 amide bonds. The van der Waals surface area contributed by atoms with Crippen molar-refractivity contribution in [3.05, 3.63) is 23.8 Å². The van der Waals surface area contributed by atoms with Crippen molar-refractivity contribution in [2.24, 2.45) is 0 Å². The van der Waals surface area contributed by atoms with Gasteiger partial charge in [-0.2, -0.15) is 0 Å². The maximum Gasteiger partial charge on any atom is 0.243 e. The third-order valence-electron chi connectivity index (χ3n) is 2.94. The first-order valence-corrected chi connectivity index (χ1v) is 6.86. The first-order valence-electron chi connectivity index (χ1n) is 5.38. The molecule has 0 saturated heterocycles. The highest BCUT2D eigenvalue weighted by molar-refractivity contribution is 7.89. The molecule has 0 atom stereocenters. The number of nitrogens with one attached hydrogen (secondary N) is 1. The average Bonchev–Trinajstić information content (AvgIpc) is 2.11. The summed E-state index contributed by atoms with van der Waals surface area (Å²) in [6, 6.07) is 5.21. The van der Waals surface area contributed by atoms with Gasteiger partial charge in [-0.3, -0.25) is 0 Å². The van der Waals surface area contributed by atoms with Gasteiger partial charge in [0.1, 0.15) is 4.90 Å². The zero-order chi connectivity index (χ0) is 11.8. The third kappa shape index (κ3) is 2.05. The highest BCUT2D eigenvalue weighted by Gasteiger charge is 2.26. The Morgan fingerprint density at radius 3 is 2.56 bits per heavy atom. The van der Waals surface area contributed by atoms with Crippen molar-refractivity contribution in [1.82, 2.24) is 4.72 Å². The van der Waals surface area contributed by atoms with Crippen LogP contribution in [0.3, 0.4) is 0 Å². The lowest BCUT2D eigenvalue weighted by atomic mass is 9.94. The average molecular weight is 240 g/mol. The SMILES string of the molecule is Cc1cccc(N)c1S(=O)(=O)NC1CCC1. The van der Waals surface area contributed by atoms with Crippen molar-refractivity contribution in [3.63, 3.8) is 0 Å². The van der Waals surface area contributed by atoms with E-state index in [9.17, 15) is 8.42 Å². The number of sulfonamides is 1. The summed E-state index contributed by atoms with van der Waals surface area (Å²) >= 11 is 0. The van der Waals surface area contributed by atoms with E-state index in [1.807, 2.05) is 0 Å². The fourth-order valence-electron chi connectivity index (χ4n) is 1.85. The van der Waals surface area contributed by atoms with E-state index in [1.165, 1.54) is 0 Å². The van der Waals surface area contributed by atoms with Crippen LogP contribution in [0.4, 0.5) is 5.69 Å². The van der Waals surface area contributed by atoms with E-state index in [0.29, 0.717) is 11.3 Å². The van der Waals surface area contributed by atoms with Crippen LogP contribution in [-0.4, -0.2) is 14.5 Å². The summed E-state index contributed by atoms with van der Waals surface area (Å²) in [5.74, 6) is 0. The molecule has 4 nitrogen and oxygen atoms in total. The second-order valence-electron chi connectivity index (χ2n) is 4.24. The summed E-state index contributed by atoms with van der Waals surface area (Å²) in [7, 11) is -3.46. The lowest BCUT2D eigenvalue weighted by molar-refractivity contribution is 0.383. The Morgan fingerprint density at radius 2 is 2.06 bits per heavy atom. The molecule has 1 aromatic carbocycles. The van der Waals surface area contributed by atoms with Crippen LogP contribution in [0.25, 0.3) is 0 Å². The summed E-state index contributed by atoms with van der Waals surface area (Å²) < 4.78 is 26.9. The summed E-state index contributed by atoms with van der Waals surface area (Å²) in [6.07, 6.45) is 2.94. The molecular formula is C11H16N2O2S. The Bertz CT molecular complexity index is 472. The molecule has 1 aromatic rings. The molecule has 0 bridgehead atoms. The molecule has 0 aromatic heterocycles. The predicted molar refractivity (Wildman–Crippen MR) is 63.6 cm³/mol. The van der Waals surface area contributed by atoms with Crippen molar-refractivity contribution in [2.75, 3.05) is 5.73 Å². The van der Waals surface area contributed by atoms with Gasteiger partial charge in [0.25, 0.3) is 0 Å². The second kappa shape index (κ2) is 4.07. The van der Waals surface area contributed by atoms with E-state index in [2.05, 4.69) is 4.72 Å². The molecule has 1 aliphatic rings. The number of benzene rings is 1. The largest absolute Gasteiger partial charge is 0.398 e. The summed E-state index contributed by atoms with van der Waals surface area (Å²) in [4.78, 5) is 0.224. The van der Waals surface area contributed by atoms with Gasteiger partial charge < -0.3 is 5.73 Å². The minimum Gasteiger partial charge on any atom is -0.398 e. The van der Waals surface area contributed by atoms with Crippen LogP contribution in [0.15, 0.2) is 23.1 Å². The molecule has 88 valence electrons. The van der Waals surface area contributed by atoms with E-state index >= 15 is 0 Å². The molecule has 0 unspecified atom stereocenters. The molecular weight excluding hydrogens is 224 g/mol. The minimum absolute atomic E-state index is 0.0870. The van der Waals surface area contributed by atoms with E-state index in [-0.39, 0.29) is 10.9 Å². The van der Waals surface area contributed by atoms with Gasteiger partial charge in [-0.1, -0.05) is 18.6 Å². The zero-order valence-corrected chi connectivity index (χ0v) is 10.0. The van der Waals surface area contributed by atoms with Crippen LogP contribution in [0.5, 0.6) is 0 Å². The predicted octanol–water partition coefficient (Wildman–Crippen LogP) is 1.41. The standard InChI is InChI=1S/C11H16N2O2S/c1-8-4-2-7-10(12)11(8)16(14,15)13-9-5-3-6-9/h2,4,7,9,13H,3,5-6,12H2,1H3. The van der Waals surface area contributed by atoms with Gasteiger partial charge in [0, 0.05) is 6.04 Å². The molecule has 1 aliphatic carbocycles.